The van der Waals surface area contributed by atoms with Crippen molar-refractivity contribution in [3.63, 3.8) is 0 Å². The van der Waals surface area contributed by atoms with Gasteiger partial charge in [-0.05, 0) is 30.7 Å². The van der Waals surface area contributed by atoms with Crippen LogP contribution in [0, 0.1) is 11.8 Å². The predicted molar refractivity (Wildman–Crippen MR) is 77.6 cm³/mol. The second-order valence-corrected chi connectivity index (χ2v) is 5.55. The van der Waals surface area contributed by atoms with Crippen LogP contribution < -0.4 is 0 Å². The van der Waals surface area contributed by atoms with Gasteiger partial charge in [0.15, 0.2) is 0 Å². The van der Waals surface area contributed by atoms with Crippen molar-refractivity contribution in [2.24, 2.45) is 11.8 Å². The van der Waals surface area contributed by atoms with E-state index in [-0.39, 0.29) is 5.92 Å². The van der Waals surface area contributed by atoms with Crippen molar-refractivity contribution in [3.8, 4) is 0 Å². The van der Waals surface area contributed by atoms with Crippen LogP contribution >= 0.6 is 0 Å². The molecule has 0 spiro atoms. The Kier molecular flexibility index (Phi) is 6.70. The number of Topliss-reactive ketones (excluding diaryl/α,β-unsaturated/α-hetero) is 1. The first kappa shape index (κ1) is 14.9. The van der Waals surface area contributed by atoms with E-state index in [1.165, 1.54) is 12.0 Å². The summed E-state index contributed by atoms with van der Waals surface area (Å²) in [4.78, 5) is 11.8. The Morgan fingerprint density at radius 1 is 1.00 bits per heavy atom. The zero-order valence-corrected chi connectivity index (χ0v) is 12.0. The van der Waals surface area contributed by atoms with E-state index in [1.54, 1.807) is 0 Å². The Balaban J connectivity index is 2.11. The highest BCUT2D eigenvalue weighted by Crippen LogP contribution is 2.15. The van der Waals surface area contributed by atoms with Gasteiger partial charge in [0, 0.05) is 12.3 Å². The van der Waals surface area contributed by atoms with Crippen molar-refractivity contribution in [1.82, 2.24) is 0 Å². The Labute approximate surface area is 112 Å². The summed E-state index contributed by atoms with van der Waals surface area (Å²) in [6.07, 6.45) is 5.28. The van der Waals surface area contributed by atoms with Crippen LogP contribution in [-0.4, -0.2) is 5.78 Å². The smallest absolute Gasteiger partial charge is 0.135 e. The number of hydrogen-bond donors (Lipinski definition) is 0. The molecule has 0 aliphatic heterocycles. The normalized spacial score (nSPS) is 12.7. The van der Waals surface area contributed by atoms with E-state index in [4.69, 9.17) is 0 Å². The monoisotopic (exact) mass is 246 g/mol. The third-order valence-corrected chi connectivity index (χ3v) is 3.74. The summed E-state index contributed by atoms with van der Waals surface area (Å²) in [6, 6.07) is 10.6. The largest absolute Gasteiger partial charge is 0.299 e. The zero-order valence-electron chi connectivity index (χ0n) is 12.0. The molecule has 0 heterocycles. The van der Waals surface area contributed by atoms with Crippen LogP contribution in [0.5, 0.6) is 0 Å². The third kappa shape index (κ3) is 5.48. The minimum atomic E-state index is 0.221. The van der Waals surface area contributed by atoms with Crippen molar-refractivity contribution >= 4 is 5.78 Å². The van der Waals surface area contributed by atoms with Gasteiger partial charge in [-0.2, -0.15) is 0 Å². The quantitative estimate of drug-likeness (QED) is 0.610. The summed E-state index contributed by atoms with van der Waals surface area (Å²) in [6.45, 7) is 6.30. The first-order valence-electron chi connectivity index (χ1n) is 7.18. The van der Waals surface area contributed by atoms with Crippen LogP contribution in [0.3, 0.4) is 0 Å². The van der Waals surface area contributed by atoms with Crippen molar-refractivity contribution in [2.75, 3.05) is 0 Å². The molecular weight excluding hydrogens is 220 g/mol. The van der Waals surface area contributed by atoms with Crippen LogP contribution in [0.2, 0.25) is 0 Å². The SMILES string of the molecule is CC(C)C(C)C(=O)CCCCCc1ccccc1. The minimum absolute atomic E-state index is 0.221. The van der Waals surface area contributed by atoms with Gasteiger partial charge < -0.3 is 0 Å². The van der Waals surface area contributed by atoms with E-state index in [2.05, 4.69) is 51.1 Å². The highest BCUT2D eigenvalue weighted by Gasteiger charge is 2.15. The molecular formula is C17H26O. The number of rotatable bonds is 8. The molecule has 1 heteroatoms. The average Bonchev–Trinajstić information content (AvgIpc) is 2.38. The molecule has 0 amide bonds. The molecule has 1 nitrogen and oxygen atoms in total. The fourth-order valence-electron chi connectivity index (χ4n) is 2.05. The van der Waals surface area contributed by atoms with E-state index in [1.807, 2.05) is 0 Å². The highest BCUT2D eigenvalue weighted by molar-refractivity contribution is 5.80. The number of carbonyl (C=O) groups is 1. The van der Waals surface area contributed by atoms with Crippen LogP contribution in [-0.2, 0) is 11.2 Å². The molecule has 0 aliphatic carbocycles. The zero-order chi connectivity index (χ0) is 13.4. The molecule has 0 saturated heterocycles. The second kappa shape index (κ2) is 8.07. The predicted octanol–water partition coefficient (Wildman–Crippen LogP) is 4.65. The van der Waals surface area contributed by atoms with Gasteiger partial charge in [-0.25, -0.2) is 0 Å². The van der Waals surface area contributed by atoms with Gasteiger partial charge in [-0.1, -0.05) is 57.5 Å². The average molecular weight is 246 g/mol. The maximum Gasteiger partial charge on any atom is 0.135 e. The van der Waals surface area contributed by atoms with Crippen molar-refractivity contribution in [1.29, 1.82) is 0 Å². The summed E-state index contributed by atoms with van der Waals surface area (Å²) in [7, 11) is 0. The first-order chi connectivity index (χ1) is 8.61. The van der Waals surface area contributed by atoms with Crippen LogP contribution in [0.4, 0.5) is 0 Å². The van der Waals surface area contributed by atoms with Gasteiger partial charge in [-0.3, -0.25) is 4.79 Å². The Hall–Kier alpha value is -1.11. The van der Waals surface area contributed by atoms with Gasteiger partial charge in [0.05, 0.1) is 0 Å². The molecule has 0 fully saturated rings. The number of aryl methyl sites for hydroxylation is 1. The standard InChI is InChI=1S/C17H26O/c1-14(2)15(3)17(18)13-9-5-8-12-16-10-6-4-7-11-16/h4,6-7,10-11,14-15H,5,8-9,12-13H2,1-3H3. The van der Waals surface area contributed by atoms with Crippen LogP contribution in [0.25, 0.3) is 0 Å². The summed E-state index contributed by atoms with van der Waals surface area (Å²) in [5.41, 5.74) is 1.40. The van der Waals surface area contributed by atoms with E-state index >= 15 is 0 Å². The Bertz CT molecular complexity index is 340. The van der Waals surface area contributed by atoms with Gasteiger partial charge in [0.25, 0.3) is 0 Å². The number of hydrogen-bond acceptors (Lipinski definition) is 1. The lowest BCUT2D eigenvalue weighted by Crippen LogP contribution is -2.16. The second-order valence-electron chi connectivity index (χ2n) is 5.55. The Morgan fingerprint density at radius 2 is 1.67 bits per heavy atom. The molecule has 0 bridgehead atoms. The lowest BCUT2D eigenvalue weighted by Gasteiger charge is -2.13. The summed E-state index contributed by atoms with van der Waals surface area (Å²) in [5.74, 6) is 1.13. The van der Waals surface area contributed by atoms with Crippen LogP contribution in [0.1, 0.15) is 52.0 Å². The minimum Gasteiger partial charge on any atom is -0.299 e. The van der Waals surface area contributed by atoms with E-state index in [9.17, 15) is 4.79 Å². The fourth-order valence-corrected chi connectivity index (χ4v) is 2.05. The van der Waals surface area contributed by atoms with Crippen molar-refractivity contribution < 1.29 is 4.79 Å². The Morgan fingerprint density at radius 3 is 2.28 bits per heavy atom. The van der Waals surface area contributed by atoms with Gasteiger partial charge >= 0.3 is 0 Å². The molecule has 1 unspecified atom stereocenters. The van der Waals surface area contributed by atoms with Crippen LogP contribution in [0.15, 0.2) is 30.3 Å². The number of unbranched alkanes of at least 4 members (excludes halogenated alkanes) is 2. The topological polar surface area (TPSA) is 17.1 Å². The molecule has 1 aromatic rings. The third-order valence-electron chi connectivity index (χ3n) is 3.74. The van der Waals surface area contributed by atoms with Crippen molar-refractivity contribution in [3.05, 3.63) is 35.9 Å². The first-order valence-corrected chi connectivity index (χ1v) is 7.18. The lowest BCUT2D eigenvalue weighted by atomic mass is 9.91. The number of ketones is 1. The van der Waals surface area contributed by atoms with E-state index in [0.717, 1.165) is 25.7 Å². The molecule has 0 aliphatic rings. The maximum atomic E-state index is 11.8. The molecule has 0 saturated carbocycles. The summed E-state index contributed by atoms with van der Waals surface area (Å²) < 4.78 is 0. The maximum absolute atomic E-state index is 11.8. The molecule has 1 atom stereocenters. The van der Waals surface area contributed by atoms with E-state index < -0.39 is 0 Å². The molecule has 1 aromatic carbocycles. The van der Waals surface area contributed by atoms with E-state index in [0.29, 0.717) is 11.7 Å². The lowest BCUT2D eigenvalue weighted by molar-refractivity contribution is -0.123. The molecule has 100 valence electrons. The van der Waals surface area contributed by atoms with Gasteiger partial charge in [-0.15, -0.1) is 0 Å². The van der Waals surface area contributed by atoms with Gasteiger partial charge in [0.2, 0.25) is 0 Å². The highest BCUT2D eigenvalue weighted by atomic mass is 16.1. The fraction of sp³-hybridized carbons (Fsp3) is 0.588. The van der Waals surface area contributed by atoms with Crippen molar-refractivity contribution in [2.45, 2.75) is 52.9 Å². The number of carbonyl (C=O) groups excluding carboxylic acids is 1. The van der Waals surface area contributed by atoms with Gasteiger partial charge in [0.1, 0.15) is 5.78 Å². The molecule has 0 N–H and O–H groups in total. The molecule has 0 radical (unpaired) electrons. The summed E-state index contributed by atoms with van der Waals surface area (Å²) >= 11 is 0. The summed E-state index contributed by atoms with van der Waals surface area (Å²) in [5, 5.41) is 0. The molecule has 18 heavy (non-hydrogen) atoms. The number of benzene rings is 1. The molecule has 0 aromatic heterocycles. The molecule has 1 rings (SSSR count).